The van der Waals surface area contributed by atoms with Gasteiger partial charge in [0.15, 0.2) is 5.69 Å². The Bertz CT molecular complexity index is 970. The zero-order valence-electron chi connectivity index (χ0n) is 13.9. The number of hydrogen-bond donors (Lipinski definition) is 1. The van der Waals surface area contributed by atoms with Crippen LogP contribution < -0.4 is 10.1 Å². The van der Waals surface area contributed by atoms with Gasteiger partial charge in [0, 0.05) is 11.8 Å². The Morgan fingerprint density at radius 3 is 2.76 bits per heavy atom. The number of benzene rings is 2. The molecule has 0 aliphatic rings. The second-order valence-electron chi connectivity index (χ2n) is 5.40. The summed E-state index contributed by atoms with van der Waals surface area (Å²) in [6, 6.07) is 18.0. The fourth-order valence-electron chi connectivity index (χ4n) is 2.46. The molecule has 0 atom stereocenters. The van der Waals surface area contributed by atoms with Gasteiger partial charge in [-0.05, 0) is 37.3 Å². The van der Waals surface area contributed by atoms with Crippen LogP contribution in [0.1, 0.15) is 21.7 Å². The van der Waals surface area contributed by atoms with E-state index in [1.54, 1.807) is 42.1 Å². The van der Waals surface area contributed by atoms with Crippen molar-refractivity contribution in [1.29, 1.82) is 5.26 Å². The molecule has 0 radical (unpaired) electrons. The van der Waals surface area contributed by atoms with E-state index in [-0.39, 0.29) is 11.6 Å². The third kappa shape index (κ3) is 3.35. The normalized spacial score (nSPS) is 10.1. The topological polar surface area (TPSA) is 79.9 Å². The van der Waals surface area contributed by atoms with Gasteiger partial charge < -0.3 is 10.1 Å². The third-order valence-corrected chi connectivity index (χ3v) is 3.71. The lowest BCUT2D eigenvalue weighted by Gasteiger charge is -2.06. The van der Waals surface area contributed by atoms with Crippen molar-refractivity contribution < 1.29 is 9.53 Å². The maximum absolute atomic E-state index is 12.5. The van der Waals surface area contributed by atoms with Crippen LogP contribution in [0, 0.1) is 18.3 Å². The number of para-hydroxylation sites is 1. The van der Waals surface area contributed by atoms with Crippen molar-refractivity contribution in [3.63, 3.8) is 0 Å². The zero-order chi connectivity index (χ0) is 17.8. The van der Waals surface area contributed by atoms with E-state index in [0.29, 0.717) is 17.0 Å². The minimum absolute atomic E-state index is 0.271. The summed E-state index contributed by atoms with van der Waals surface area (Å²) in [6.45, 7) is 1.87. The van der Waals surface area contributed by atoms with Gasteiger partial charge in [-0.3, -0.25) is 4.79 Å². The number of aryl methyl sites for hydroxylation is 1. The summed E-state index contributed by atoms with van der Waals surface area (Å²) in [4.78, 5) is 12.5. The second kappa shape index (κ2) is 6.89. The molecule has 0 saturated carbocycles. The highest BCUT2D eigenvalue weighted by molar-refractivity contribution is 6.03. The quantitative estimate of drug-likeness (QED) is 0.795. The molecule has 6 nitrogen and oxygen atoms in total. The zero-order valence-corrected chi connectivity index (χ0v) is 13.9. The molecule has 6 heteroatoms. The molecular weight excluding hydrogens is 316 g/mol. The fourth-order valence-corrected chi connectivity index (χ4v) is 2.46. The van der Waals surface area contributed by atoms with Crippen LogP contribution in [0.3, 0.4) is 0 Å². The molecule has 1 amide bonds. The predicted octanol–water partition coefficient (Wildman–Crippen LogP) is 3.31. The van der Waals surface area contributed by atoms with E-state index < -0.39 is 0 Å². The van der Waals surface area contributed by atoms with Gasteiger partial charge in [0.1, 0.15) is 11.8 Å². The van der Waals surface area contributed by atoms with Gasteiger partial charge in [0.05, 0.1) is 24.0 Å². The molecule has 0 saturated heterocycles. The van der Waals surface area contributed by atoms with Crippen molar-refractivity contribution >= 4 is 11.6 Å². The van der Waals surface area contributed by atoms with Crippen molar-refractivity contribution in [2.24, 2.45) is 0 Å². The predicted molar refractivity (Wildman–Crippen MR) is 94.0 cm³/mol. The van der Waals surface area contributed by atoms with Gasteiger partial charge in [-0.2, -0.15) is 10.4 Å². The highest BCUT2D eigenvalue weighted by Gasteiger charge is 2.15. The number of amides is 1. The molecule has 3 aromatic rings. The van der Waals surface area contributed by atoms with Crippen molar-refractivity contribution in [3.05, 3.63) is 71.5 Å². The number of anilines is 1. The van der Waals surface area contributed by atoms with E-state index in [0.717, 1.165) is 11.4 Å². The molecule has 0 aliphatic carbocycles. The summed E-state index contributed by atoms with van der Waals surface area (Å²) in [6.07, 6.45) is 0. The molecule has 0 spiro atoms. The molecule has 0 aliphatic heterocycles. The number of carbonyl (C=O) groups is 1. The largest absolute Gasteiger partial charge is 0.497 e. The van der Waals surface area contributed by atoms with Crippen LogP contribution in [0.25, 0.3) is 5.69 Å². The van der Waals surface area contributed by atoms with E-state index >= 15 is 0 Å². The van der Waals surface area contributed by atoms with Crippen molar-refractivity contribution in [3.8, 4) is 17.5 Å². The average molecular weight is 332 g/mol. The number of hydrogen-bond acceptors (Lipinski definition) is 4. The van der Waals surface area contributed by atoms with E-state index in [2.05, 4.69) is 16.5 Å². The monoisotopic (exact) mass is 332 g/mol. The summed E-state index contributed by atoms with van der Waals surface area (Å²) >= 11 is 0. The van der Waals surface area contributed by atoms with Crippen molar-refractivity contribution in [1.82, 2.24) is 9.78 Å². The number of nitrogens with zero attached hydrogens (tertiary/aromatic N) is 3. The Hall–Kier alpha value is -3.59. The Labute approximate surface area is 145 Å². The van der Waals surface area contributed by atoms with Crippen LogP contribution in [0.5, 0.6) is 5.75 Å². The van der Waals surface area contributed by atoms with E-state index in [1.807, 2.05) is 31.2 Å². The molecule has 3 rings (SSSR count). The number of rotatable bonds is 4. The number of nitriles is 1. The molecule has 1 heterocycles. The molecule has 0 fully saturated rings. The first-order valence-corrected chi connectivity index (χ1v) is 7.64. The first kappa shape index (κ1) is 16.3. The highest BCUT2D eigenvalue weighted by Crippen LogP contribution is 2.19. The van der Waals surface area contributed by atoms with Gasteiger partial charge in [0.25, 0.3) is 5.91 Å². The Morgan fingerprint density at radius 2 is 2.00 bits per heavy atom. The molecule has 2 aromatic carbocycles. The molecular formula is C19H16N4O2. The van der Waals surface area contributed by atoms with Gasteiger partial charge in [-0.25, -0.2) is 4.68 Å². The lowest BCUT2D eigenvalue weighted by molar-refractivity contribution is 0.102. The molecule has 0 unspecified atom stereocenters. The number of methoxy groups -OCH3 is 1. The summed E-state index contributed by atoms with van der Waals surface area (Å²) in [5, 5.41) is 16.2. The van der Waals surface area contributed by atoms with E-state index in [1.165, 1.54) is 0 Å². The number of aromatic nitrogens is 2. The number of nitrogens with one attached hydrogen (secondary N) is 1. The highest BCUT2D eigenvalue weighted by atomic mass is 16.5. The van der Waals surface area contributed by atoms with Crippen LogP contribution in [0.4, 0.5) is 5.69 Å². The maximum atomic E-state index is 12.5. The Balaban J connectivity index is 1.89. The van der Waals surface area contributed by atoms with Gasteiger partial charge in [-0.1, -0.05) is 18.2 Å². The standard InChI is InChI=1S/C19H16N4O2/c1-13-10-18(19(24)21-17-9-4-3-6-14(17)12-20)22-23(13)15-7-5-8-16(11-15)25-2/h3-11H,1-2H3,(H,21,24). The first-order chi connectivity index (χ1) is 12.1. The Kier molecular flexibility index (Phi) is 4.48. The summed E-state index contributed by atoms with van der Waals surface area (Å²) < 4.78 is 6.90. The maximum Gasteiger partial charge on any atom is 0.276 e. The van der Waals surface area contributed by atoms with Crippen molar-refractivity contribution in [2.75, 3.05) is 12.4 Å². The summed E-state index contributed by atoms with van der Waals surface area (Å²) in [5.74, 6) is 0.341. The minimum atomic E-state index is -0.368. The van der Waals surface area contributed by atoms with Crippen LogP contribution in [-0.4, -0.2) is 22.8 Å². The van der Waals surface area contributed by atoms with Crippen LogP contribution in [0.15, 0.2) is 54.6 Å². The van der Waals surface area contributed by atoms with Crippen molar-refractivity contribution in [2.45, 2.75) is 6.92 Å². The number of ether oxygens (including phenoxy) is 1. The minimum Gasteiger partial charge on any atom is -0.497 e. The molecule has 124 valence electrons. The summed E-state index contributed by atoms with van der Waals surface area (Å²) in [5.41, 5.74) is 2.75. The van der Waals surface area contributed by atoms with Crippen LogP contribution >= 0.6 is 0 Å². The first-order valence-electron chi connectivity index (χ1n) is 7.64. The van der Waals surface area contributed by atoms with Gasteiger partial charge in [0.2, 0.25) is 0 Å². The van der Waals surface area contributed by atoms with Crippen LogP contribution in [-0.2, 0) is 0 Å². The molecule has 1 aromatic heterocycles. The Morgan fingerprint density at radius 1 is 1.20 bits per heavy atom. The molecule has 25 heavy (non-hydrogen) atoms. The van der Waals surface area contributed by atoms with Gasteiger partial charge >= 0.3 is 0 Å². The smallest absolute Gasteiger partial charge is 0.276 e. The molecule has 1 N–H and O–H groups in total. The molecule has 0 bridgehead atoms. The SMILES string of the molecule is COc1cccc(-n2nc(C(=O)Nc3ccccc3C#N)cc2C)c1. The lowest BCUT2D eigenvalue weighted by atomic mass is 10.2. The second-order valence-corrected chi connectivity index (χ2v) is 5.40. The lowest BCUT2D eigenvalue weighted by Crippen LogP contribution is -2.14. The van der Waals surface area contributed by atoms with E-state index in [4.69, 9.17) is 10.00 Å². The third-order valence-electron chi connectivity index (χ3n) is 3.71. The number of carbonyl (C=O) groups excluding carboxylic acids is 1. The van der Waals surface area contributed by atoms with Gasteiger partial charge in [-0.15, -0.1) is 0 Å². The van der Waals surface area contributed by atoms with Crippen LogP contribution in [0.2, 0.25) is 0 Å². The summed E-state index contributed by atoms with van der Waals surface area (Å²) in [7, 11) is 1.60. The fraction of sp³-hybridized carbons (Fsp3) is 0.105. The van der Waals surface area contributed by atoms with E-state index in [9.17, 15) is 4.79 Å². The average Bonchev–Trinajstić information content (AvgIpc) is 3.04.